The lowest BCUT2D eigenvalue weighted by molar-refractivity contribution is -0.121. The smallest absolute Gasteiger partial charge is 0.257 e. The summed E-state index contributed by atoms with van der Waals surface area (Å²) in [5.41, 5.74) is 2.22. The van der Waals surface area contributed by atoms with Crippen LogP contribution in [0.3, 0.4) is 0 Å². The van der Waals surface area contributed by atoms with E-state index in [0.29, 0.717) is 48.0 Å². The lowest BCUT2D eigenvalue weighted by Crippen LogP contribution is -2.41. The van der Waals surface area contributed by atoms with Crippen LogP contribution in [-0.4, -0.2) is 36.9 Å². The van der Waals surface area contributed by atoms with Gasteiger partial charge in [0.1, 0.15) is 5.75 Å². The Morgan fingerprint density at radius 3 is 2.52 bits per heavy atom. The number of benzene rings is 2. The molecule has 2 amide bonds. The van der Waals surface area contributed by atoms with Crippen LogP contribution in [0, 0.1) is 12.8 Å². The minimum Gasteiger partial charge on any atom is -0.496 e. The fraction of sp³-hybridized carbons (Fsp3) is 0.333. The number of hydrogen-bond acceptors (Lipinski definition) is 3. The van der Waals surface area contributed by atoms with Crippen molar-refractivity contribution in [1.82, 2.24) is 4.90 Å². The molecule has 0 aliphatic carbocycles. The summed E-state index contributed by atoms with van der Waals surface area (Å²) in [6.07, 6.45) is 1.26. The number of carbonyl (C=O) groups is 2. The lowest BCUT2D eigenvalue weighted by atomic mass is 9.95. The Morgan fingerprint density at radius 2 is 1.85 bits per heavy atom. The summed E-state index contributed by atoms with van der Waals surface area (Å²) in [7, 11) is 1.56. The number of amides is 2. The Kier molecular flexibility index (Phi) is 6.01. The number of nitrogens with one attached hydrogen (secondary N) is 1. The molecule has 27 heavy (non-hydrogen) atoms. The summed E-state index contributed by atoms with van der Waals surface area (Å²) >= 11 is 6.11. The minimum absolute atomic E-state index is 0.0284. The van der Waals surface area contributed by atoms with E-state index >= 15 is 0 Å². The largest absolute Gasteiger partial charge is 0.496 e. The monoisotopic (exact) mass is 386 g/mol. The average Bonchev–Trinajstić information content (AvgIpc) is 2.70. The number of para-hydroxylation sites is 1. The van der Waals surface area contributed by atoms with Gasteiger partial charge in [-0.25, -0.2) is 0 Å². The number of aryl methyl sites for hydroxylation is 1. The summed E-state index contributed by atoms with van der Waals surface area (Å²) in [5.74, 6) is 0.362. The second-order valence-corrected chi connectivity index (χ2v) is 7.13. The molecule has 1 aliphatic heterocycles. The highest BCUT2D eigenvalue weighted by Crippen LogP contribution is 2.25. The zero-order valence-corrected chi connectivity index (χ0v) is 16.3. The van der Waals surface area contributed by atoms with E-state index in [1.807, 2.05) is 31.2 Å². The van der Waals surface area contributed by atoms with Crippen LogP contribution in [0.25, 0.3) is 0 Å². The van der Waals surface area contributed by atoms with Gasteiger partial charge in [0.25, 0.3) is 5.91 Å². The molecular formula is C21H23ClN2O3. The number of methoxy groups -OCH3 is 1. The van der Waals surface area contributed by atoms with Crippen molar-refractivity contribution in [3.63, 3.8) is 0 Å². The first-order valence-electron chi connectivity index (χ1n) is 8.99. The number of piperidine rings is 1. The normalized spacial score (nSPS) is 14.7. The molecule has 1 fully saturated rings. The molecule has 0 aromatic heterocycles. The third-order valence-electron chi connectivity index (χ3n) is 4.93. The third kappa shape index (κ3) is 4.42. The fourth-order valence-electron chi connectivity index (χ4n) is 3.25. The molecule has 1 saturated heterocycles. The van der Waals surface area contributed by atoms with Crippen molar-refractivity contribution in [2.24, 2.45) is 5.92 Å². The fourth-order valence-corrected chi connectivity index (χ4v) is 3.43. The molecule has 5 nitrogen and oxygen atoms in total. The number of rotatable bonds is 4. The Labute approximate surface area is 164 Å². The van der Waals surface area contributed by atoms with Gasteiger partial charge in [-0.05, 0) is 49.6 Å². The highest BCUT2D eigenvalue weighted by molar-refractivity contribution is 6.31. The van der Waals surface area contributed by atoms with Crippen molar-refractivity contribution >= 4 is 29.1 Å². The second-order valence-electron chi connectivity index (χ2n) is 6.72. The maximum absolute atomic E-state index is 12.7. The molecule has 3 rings (SSSR count). The number of carbonyl (C=O) groups excluding carboxylic acids is 2. The molecule has 6 heteroatoms. The molecule has 0 radical (unpaired) electrons. The van der Waals surface area contributed by atoms with Gasteiger partial charge >= 0.3 is 0 Å². The van der Waals surface area contributed by atoms with E-state index in [1.165, 1.54) is 0 Å². The van der Waals surface area contributed by atoms with E-state index in [1.54, 1.807) is 30.2 Å². The molecule has 0 unspecified atom stereocenters. The van der Waals surface area contributed by atoms with Crippen LogP contribution in [0.2, 0.25) is 5.02 Å². The zero-order valence-electron chi connectivity index (χ0n) is 15.5. The SMILES string of the molecule is COc1ccccc1C(=O)N1CCC(C(=O)Nc2ccc(C)c(Cl)c2)CC1. The highest BCUT2D eigenvalue weighted by Gasteiger charge is 2.28. The zero-order chi connectivity index (χ0) is 19.4. The molecule has 1 N–H and O–H groups in total. The van der Waals surface area contributed by atoms with E-state index in [-0.39, 0.29) is 17.7 Å². The number of halogens is 1. The first-order chi connectivity index (χ1) is 13.0. The number of nitrogens with zero attached hydrogens (tertiary/aromatic N) is 1. The summed E-state index contributed by atoms with van der Waals surface area (Å²) < 4.78 is 5.28. The maximum Gasteiger partial charge on any atom is 0.257 e. The van der Waals surface area contributed by atoms with Crippen LogP contribution in [0.4, 0.5) is 5.69 Å². The molecule has 142 valence electrons. The first kappa shape index (κ1) is 19.2. The summed E-state index contributed by atoms with van der Waals surface area (Å²) in [4.78, 5) is 27.1. The van der Waals surface area contributed by atoms with Crippen molar-refractivity contribution in [3.8, 4) is 5.75 Å². The van der Waals surface area contributed by atoms with E-state index in [9.17, 15) is 9.59 Å². The van der Waals surface area contributed by atoms with E-state index in [4.69, 9.17) is 16.3 Å². The minimum atomic E-state index is -0.119. The van der Waals surface area contributed by atoms with Gasteiger partial charge in [0.2, 0.25) is 5.91 Å². The predicted molar refractivity (Wildman–Crippen MR) is 106 cm³/mol. The van der Waals surface area contributed by atoms with Gasteiger partial charge < -0.3 is 15.0 Å². The van der Waals surface area contributed by atoms with Gasteiger partial charge in [-0.2, -0.15) is 0 Å². The van der Waals surface area contributed by atoms with Crippen molar-refractivity contribution < 1.29 is 14.3 Å². The van der Waals surface area contributed by atoms with Crippen LogP contribution in [0.1, 0.15) is 28.8 Å². The van der Waals surface area contributed by atoms with Gasteiger partial charge in [0.05, 0.1) is 12.7 Å². The average molecular weight is 387 g/mol. The van der Waals surface area contributed by atoms with Crippen molar-refractivity contribution in [3.05, 3.63) is 58.6 Å². The quantitative estimate of drug-likeness (QED) is 0.858. The Bertz CT molecular complexity index is 845. The lowest BCUT2D eigenvalue weighted by Gasteiger charge is -2.31. The molecule has 2 aromatic carbocycles. The van der Waals surface area contributed by atoms with Gasteiger partial charge in [-0.3, -0.25) is 9.59 Å². The van der Waals surface area contributed by atoms with Crippen LogP contribution in [0.5, 0.6) is 5.75 Å². The van der Waals surface area contributed by atoms with Gasteiger partial charge in [0, 0.05) is 29.7 Å². The maximum atomic E-state index is 12.7. The van der Waals surface area contributed by atoms with Crippen molar-refractivity contribution in [2.75, 3.05) is 25.5 Å². The first-order valence-corrected chi connectivity index (χ1v) is 9.36. The Balaban J connectivity index is 1.58. The van der Waals surface area contributed by atoms with Gasteiger partial charge in [-0.15, -0.1) is 0 Å². The van der Waals surface area contributed by atoms with E-state index < -0.39 is 0 Å². The van der Waals surface area contributed by atoms with Crippen LogP contribution in [0.15, 0.2) is 42.5 Å². The molecule has 0 atom stereocenters. The molecule has 0 spiro atoms. The number of anilines is 1. The van der Waals surface area contributed by atoms with Crippen molar-refractivity contribution in [1.29, 1.82) is 0 Å². The van der Waals surface area contributed by atoms with Gasteiger partial charge in [0.15, 0.2) is 0 Å². The standard InChI is InChI=1S/C21H23ClN2O3/c1-14-7-8-16(13-18(14)22)23-20(25)15-9-11-24(12-10-15)21(26)17-5-3-4-6-19(17)27-2/h3-8,13,15H,9-12H2,1-2H3,(H,23,25). The Hall–Kier alpha value is -2.53. The third-order valence-corrected chi connectivity index (χ3v) is 5.34. The van der Waals surface area contributed by atoms with Crippen LogP contribution in [-0.2, 0) is 4.79 Å². The summed E-state index contributed by atoms with van der Waals surface area (Å²) in [6, 6.07) is 12.7. The van der Waals surface area contributed by atoms with E-state index in [2.05, 4.69) is 5.32 Å². The highest BCUT2D eigenvalue weighted by atomic mass is 35.5. The van der Waals surface area contributed by atoms with Gasteiger partial charge in [-0.1, -0.05) is 29.8 Å². The van der Waals surface area contributed by atoms with Crippen molar-refractivity contribution in [2.45, 2.75) is 19.8 Å². The number of likely N-dealkylation sites (tertiary alicyclic amines) is 1. The molecule has 1 heterocycles. The van der Waals surface area contributed by atoms with E-state index in [0.717, 1.165) is 5.56 Å². The Morgan fingerprint density at radius 1 is 1.15 bits per heavy atom. The summed E-state index contributed by atoms with van der Waals surface area (Å²) in [5, 5.41) is 3.56. The van der Waals surface area contributed by atoms with Crippen LogP contribution < -0.4 is 10.1 Å². The molecule has 0 bridgehead atoms. The molecule has 2 aromatic rings. The number of ether oxygens (including phenoxy) is 1. The molecule has 0 saturated carbocycles. The number of hydrogen-bond donors (Lipinski definition) is 1. The predicted octanol–water partition coefficient (Wildman–Crippen LogP) is 4.15. The second kappa shape index (κ2) is 8.44. The molecular weight excluding hydrogens is 364 g/mol. The summed E-state index contributed by atoms with van der Waals surface area (Å²) in [6.45, 7) is 3.01. The van der Waals surface area contributed by atoms with Crippen LogP contribution >= 0.6 is 11.6 Å². The topological polar surface area (TPSA) is 58.6 Å². The molecule has 1 aliphatic rings.